The third kappa shape index (κ3) is 1.68. The Labute approximate surface area is 129 Å². The van der Waals surface area contributed by atoms with Crippen molar-refractivity contribution in [1.82, 2.24) is 10.6 Å². The Balaban J connectivity index is 1.89. The van der Waals surface area contributed by atoms with E-state index in [1.54, 1.807) is 0 Å². The van der Waals surface area contributed by atoms with Gasteiger partial charge in [-0.2, -0.15) is 0 Å². The maximum absolute atomic E-state index is 3.65. The minimum atomic E-state index is 0.401. The van der Waals surface area contributed by atoms with Gasteiger partial charge in [-0.15, -0.1) is 0 Å². The summed E-state index contributed by atoms with van der Waals surface area (Å²) in [6.07, 6.45) is 0. The summed E-state index contributed by atoms with van der Waals surface area (Å²) in [4.78, 5) is 0. The molecular formula is C20H18N2. The molecule has 1 atom stereocenters. The number of rotatable bonds is 1. The highest BCUT2D eigenvalue weighted by molar-refractivity contribution is 6.23. The summed E-state index contributed by atoms with van der Waals surface area (Å²) in [6.45, 7) is 3.10. The zero-order valence-corrected chi connectivity index (χ0v) is 12.4. The molecule has 2 nitrogen and oxygen atoms in total. The van der Waals surface area contributed by atoms with Crippen molar-refractivity contribution >= 4 is 32.3 Å². The fraction of sp³-hybridized carbons (Fsp3) is 0.200. The Hall–Kier alpha value is -2.16. The van der Waals surface area contributed by atoms with Gasteiger partial charge in [0.25, 0.3) is 0 Å². The SMILES string of the molecule is c1cc2ccc3ccc([C@@H]4CNCCN4)c4ccc(c1)c2c34. The molecule has 1 aliphatic rings. The van der Waals surface area contributed by atoms with Crippen LogP contribution in [0, 0.1) is 0 Å². The number of nitrogens with one attached hydrogen (secondary N) is 2. The average molecular weight is 286 g/mol. The van der Waals surface area contributed by atoms with Crippen molar-refractivity contribution in [1.29, 1.82) is 0 Å². The van der Waals surface area contributed by atoms with Crippen LogP contribution in [0.3, 0.4) is 0 Å². The van der Waals surface area contributed by atoms with Gasteiger partial charge in [-0.3, -0.25) is 0 Å². The van der Waals surface area contributed by atoms with Crippen LogP contribution in [-0.2, 0) is 0 Å². The summed E-state index contributed by atoms with van der Waals surface area (Å²) >= 11 is 0. The summed E-state index contributed by atoms with van der Waals surface area (Å²) in [6, 6.07) is 20.6. The summed E-state index contributed by atoms with van der Waals surface area (Å²) in [7, 11) is 0. The van der Waals surface area contributed by atoms with Gasteiger partial charge in [-0.25, -0.2) is 0 Å². The van der Waals surface area contributed by atoms with Gasteiger partial charge < -0.3 is 10.6 Å². The minimum absolute atomic E-state index is 0.401. The number of hydrogen-bond donors (Lipinski definition) is 2. The second kappa shape index (κ2) is 4.67. The molecule has 1 fully saturated rings. The average Bonchev–Trinajstić information content (AvgIpc) is 2.60. The highest BCUT2D eigenvalue weighted by Crippen LogP contribution is 2.37. The molecule has 4 aromatic rings. The Morgan fingerprint density at radius 1 is 0.727 bits per heavy atom. The molecule has 108 valence electrons. The van der Waals surface area contributed by atoms with Crippen LogP contribution in [0.2, 0.25) is 0 Å². The predicted octanol–water partition coefficient (Wildman–Crippen LogP) is 3.82. The molecule has 2 heteroatoms. The summed E-state index contributed by atoms with van der Waals surface area (Å²) in [5, 5.41) is 15.4. The van der Waals surface area contributed by atoms with E-state index in [0.717, 1.165) is 19.6 Å². The van der Waals surface area contributed by atoms with E-state index in [1.807, 2.05) is 0 Å². The lowest BCUT2D eigenvalue weighted by Crippen LogP contribution is -2.42. The molecule has 1 heterocycles. The van der Waals surface area contributed by atoms with Gasteiger partial charge in [-0.1, -0.05) is 54.6 Å². The maximum atomic E-state index is 3.65. The van der Waals surface area contributed by atoms with Crippen LogP contribution >= 0.6 is 0 Å². The van der Waals surface area contributed by atoms with Crippen LogP contribution in [-0.4, -0.2) is 19.6 Å². The molecular weight excluding hydrogens is 268 g/mol. The lowest BCUT2D eigenvalue weighted by atomic mass is 9.89. The molecule has 0 unspecified atom stereocenters. The van der Waals surface area contributed by atoms with E-state index >= 15 is 0 Å². The molecule has 4 aromatic carbocycles. The third-order valence-electron chi connectivity index (χ3n) is 4.98. The third-order valence-corrected chi connectivity index (χ3v) is 4.98. The fourth-order valence-corrected chi connectivity index (χ4v) is 3.94. The van der Waals surface area contributed by atoms with E-state index in [-0.39, 0.29) is 0 Å². The maximum Gasteiger partial charge on any atom is 0.0453 e. The standard InChI is InChI=1S/C20H18N2/c1-2-13-4-5-15-6-8-16(18-12-21-10-11-22-18)17-9-7-14(3-1)19(13)20(15)17/h1-9,18,21-22H,10-12H2/t18-/m0/s1. The van der Waals surface area contributed by atoms with Crippen molar-refractivity contribution in [2.45, 2.75) is 6.04 Å². The molecule has 0 amide bonds. The van der Waals surface area contributed by atoms with Gasteiger partial charge in [0.1, 0.15) is 0 Å². The first kappa shape index (κ1) is 12.4. The second-order valence-electron chi connectivity index (χ2n) is 6.22. The smallest absolute Gasteiger partial charge is 0.0453 e. The van der Waals surface area contributed by atoms with E-state index in [4.69, 9.17) is 0 Å². The van der Waals surface area contributed by atoms with Crippen molar-refractivity contribution in [2.24, 2.45) is 0 Å². The van der Waals surface area contributed by atoms with Crippen molar-refractivity contribution in [3.63, 3.8) is 0 Å². The van der Waals surface area contributed by atoms with Crippen molar-refractivity contribution in [3.05, 3.63) is 60.2 Å². The lowest BCUT2D eigenvalue weighted by molar-refractivity contribution is 0.432. The Morgan fingerprint density at radius 2 is 1.45 bits per heavy atom. The predicted molar refractivity (Wildman–Crippen MR) is 93.8 cm³/mol. The number of piperazine rings is 1. The van der Waals surface area contributed by atoms with Crippen LogP contribution in [0.1, 0.15) is 11.6 Å². The molecule has 0 aliphatic carbocycles. The minimum Gasteiger partial charge on any atom is -0.314 e. The summed E-state index contributed by atoms with van der Waals surface area (Å²) in [5.74, 6) is 0. The molecule has 0 saturated carbocycles. The summed E-state index contributed by atoms with van der Waals surface area (Å²) < 4.78 is 0. The molecule has 0 bridgehead atoms. The first-order valence-corrected chi connectivity index (χ1v) is 8.02. The largest absolute Gasteiger partial charge is 0.314 e. The van der Waals surface area contributed by atoms with Gasteiger partial charge in [0.15, 0.2) is 0 Å². The van der Waals surface area contributed by atoms with E-state index in [2.05, 4.69) is 65.2 Å². The molecule has 2 N–H and O–H groups in total. The Kier molecular flexibility index (Phi) is 2.63. The van der Waals surface area contributed by atoms with Crippen LogP contribution in [0.25, 0.3) is 32.3 Å². The van der Waals surface area contributed by atoms with Crippen LogP contribution in [0.15, 0.2) is 54.6 Å². The Bertz CT molecular complexity index is 952. The van der Waals surface area contributed by atoms with Gasteiger partial charge in [0, 0.05) is 25.7 Å². The first-order chi connectivity index (χ1) is 10.9. The molecule has 0 spiro atoms. The van der Waals surface area contributed by atoms with Crippen LogP contribution < -0.4 is 10.6 Å². The quantitative estimate of drug-likeness (QED) is 0.520. The highest BCUT2D eigenvalue weighted by atomic mass is 15.1. The topological polar surface area (TPSA) is 24.1 Å². The van der Waals surface area contributed by atoms with Crippen molar-refractivity contribution in [2.75, 3.05) is 19.6 Å². The first-order valence-electron chi connectivity index (χ1n) is 8.02. The normalized spacial score (nSPS) is 19.4. The molecule has 0 radical (unpaired) electrons. The fourth-order valence-electron chi connectivity index (χ4n) is 3.94. The molecule has 0 aromatic heterocycles. The number of benzene rings is 4. The van der Waals surface area contributed by atoms with E-state index in [0.29, 0.717) is 6.04 Å². The van der Waals surface area contributed by atoms with Gasteiger partial charge in [0.05, 0.1) is 0 Å². The van der Waals surface area contributed by atoms with Crippen molar-refractivity contribution < 1.29 is 0 Å². The van der Waals surface area contributed by atoms with Gasteiger partial charge >= 0.3 is 0 Å². The molecule has 5 rings (SSSR count). The lowest BCUT2D eigenvalue weighted by Gasteiger charge is -2.26. The van der Waals surface area contributed by atoms with Crippen LogP contribution in [0.4, 0.5) is 0 Å². The van der Waals surface area contributed by atoms with E-state index in [9.17, 15) is 0 Å². The second-order valence-corrected chi connectivity index (χ2v) is 6.22. The van der Waals surface area contributed by atoms with Crippen LogP contribution in [0.5, 0.6) is 0 Å². The zero-order valence-electron chi connectivity index (χ0n) is 12.4. The molecule has 1 aliphatic heterocycles. The Morgan fingerprint density at radius 3 is 2.23 bits per heavy atom. The summed E-state index contributed by atoms with van der Waals surface area (Å²) in [5.41, 5.74) is 1.41. The van der Waals surface area contributed by atoms with Gasteiger partial charge in [-0.05, 0) is 37.9 Å². The highest BCUT2D eigenvalue weighted by Gasteiger charge is 2.18. The van der Waals surface area contributed by atoms with E-state index < -0.39 is 0 Å². The zero-order chi connectivity index (χ0) is 14.5. The number of hydrogen-bond acceptors (Lipinski definition) is 2. The van der Waals surface area contributed by atoms with E-state index in [1.165, 1.54) is 37.9 Å². The molecule has 22 heavy (non-hydrogen) atoms. The van der Waals surface area contributed by atoms with Crippen molar-refractivity contribution in [3.8, 4) is 0 Å². The van der Waals surface area contributed by atoms with Gasteiger partial charge in [0.2, 0.25) is 0 Å². The monoisotopic (exact) mass is 286 g/mol. The molecule has 1 saturated heterocycles.